The van der Waals surface area contributed by atoms with Crippen molar-refractivity contribution in [1.29, 1.82) is 0 Å². The number of aryl methyl sites for hydroxylation is 1. The van der Waals surface area contributed by atoms with Gasteiger partial charge in [-0.2, -0.15) is 0 Å². The Morgan fingerprint density at radius 1 is 1.06 bits per heavy atom. The summed E-state index contributed by atoms with van der Waals surface area (Å²) in [6.07, 6.45) is 4.77. The third-order valence-electron chi connectivity index (χ3n) is 2.23. The van der Waals surface area contributed by atoms with E-state index in [2.05, 4.69) is 51.2 Å². The predicted molar refractivity (Wildman–Crippen MR) is 72.8 cm³/mol. The average Bonchev–Trinajstić information content (AvgIpc) is 2.33. The summed E-state index contributed by atoms with van der Waals surface area (Å²) in [6.45, 7) is 0. The molecule has 0 bridgehead atoms. The van der Waals surface area contributed by atoms with Crippen molar-refractivity contribution in [3.63, 3.8) is 0 Å². The number of hydrogen-bond donors (Lipinski definition) is 0. The highest BCUT2D eigenvalue weighted by Crippen LogP contribution is 2.27. The molecule has 1 nitrogen and oxygen atoms in total. The van der Waals surface area contributed by atoms with Crippen molar-refractivity contribution in [1.82, 2.24) is 4.98 Å². The minimum Gasteiger partial charge on any atom is -0.265 e. The maximum absolute atomic E-state index is 4.01. The summed E-state index contributed by atoms with van der Waals surface area (Å²) in [7, 11) is 0. The van der Waals surface area contributed by atoms with Crippen LogP contribution in [0.15, 0.2) is 58.2 Å². The number of thioether (sulfide) groups is 1. The zero-order valence-corrected chi connectivity index (χ0v) is 11.2. The van der Waals surface area contributed by atoms with Crippen LogP contribution in [0.5, 0.6) is 0 Å². The molecule has 0 aliphatic rings. The summed E-state index contributed by atoms with van der Waals surface area (Å²) in [4.78, 5) is 5.31. The Bertz CT molecular complexity index is 445. The number of nitrogens with zero attached hydrogens (tertiary/aromatic N) is 1. The van der Waals surface area contributed by atoms with Gasteiger partial charge in [0.2, 0.25) is 0 Å². The summed E-state index contributed by atoms with van der Waals surface area (Å²) in [5.74, 6) is 1.09. The lowest BCUT2D eigenvalue weighted by atomic mass is 10.2. The molecular weight excluding hydrogens is 282 g/mol. The zero-order valence-electron chi connectivity index (χ0n) is 8.77. The summed E-state index contributed by atoms with van der Waals surface area (Å²) < 4.78 is 1.18. The van der Waals surface area contributed by atoms with Crippen molar-refractivity contribution in [3.8, 4) is 0 Å². The molecule has 16 heavy (non-hydrogen) atoms. The van der Waals surface area contributed by atoms with Crippen LogP contribution in [0.1, 0.15) is 5.56 Å². The first-order valence-electron chi connectivity index (χ1n) is 5.12. The average molecular weight is 294 g/mol. The van der Waals surface area contributed by atoms with E-state index < -0.39 is 0 Å². The van der Waals surface area contributed by atoms with Crippen molar-refractivity contribution in [3.05, 3.63) is 58.8 Å². The SMILES string of the molecule is Brc1ccccc1SCCc1ccncc1. The Morgan fingerprint density at radius 2 is 1.81 bits per heavy atom. The monoisotopic (exact) mass is 293 g/mol. The standard InChI is InChI=1S/C13H12BrNS/c14-12-3-1-2-4-13(12)16-10-7-11-5-8-15-9-6-11/h1-6,8-9H,7,10H2. The van der Waals surface area contributed by atoms with Crippen LogP contribution in [-0.4, -0.2) is 10.7 Å². The zero-order chi connectivity index (χ0) is 11.2. The molecular formula is C13H12BrNS. The Labute approximate surface area is 108 Å². The van der Waals surface area contributed by atoms with Crippen LogP contribution in [0, 0.1) is 0 Å². The molecule has 0 spiro atoms. The number of rotatable bonds is 4. The summed E-state index contributed by atoms with van der Waals surface area (Å²) >= 11 is 5.43. The molecule has 0 N–H and O–H groups in total. The van der Waals surface area contributed by atoms with E-state index in [1.807, 2.05) is 30.2 Å². The van der Waals surface area contributed by atoms with Crippen molar-refractivity contribution in [2.75, 3.05) is 5.75 Å². The van der Waals surface area contributed by atoms with Gasteiger partial charge < -0.3 is 0 Å². The third kappa shape index (κ3) is 3.35. The van der Waals surface area contributed by atoms with Gasteiger partial charge in [0.25, 0.3) is 0 Å². The fourth-order valence-electron chi connectivity index (χ4n) is 1.39. The lowest BCUT2D eigenvalue weighted by Crippen LogP contribution is -1.88. The molecule has 0 saturated carbocycles. The predicted octanol–water partition coefficient (Wildman–Crippen LogP) is 4.18. The van der Waals surface area contributed by atoms with Crippen LogP contribution in [-0.2, 0) is 6.42 Å². The second-order valence-corrected chi connectivity index (χ2v) is 5.38. The van der Waals surface area contributed by atoms with Crippen LogP contribution in [0.3, 0.4) is 0 Å². The van der Waals surface area contributed by atoms with E-state index in [1.165, 1.54) is 14.9 Å². The maximum Gasteiger partial charge on any atom is 0.0311 e. The molecule has 0 aliphatic carbocycles. The van der Waals surface area contributed by atoms with Gasteiger partial charge in [0.05, 0.1) is 0 Å². The number of benzene rings is 1. The molecule has 0 unspecified atom stereocenters. The van der Waals surface area contributed by atoms with Gasteiger partial charge in [-0.25, -0.2) is 0 Å². The van der Waals surface area contributed by atoms with Gasteiger partial charge in [0.1, 0.15) is 0 Å². The first-order chi connectivity index (χ1) is 7.86. The number of pyridine rings is 1. The molecule has 1 heterocycles. The fourth-order valence-corrected chi connectivity index (χ4v) is 2.96. The number of aromatic nitrogens is 1. The molecule has 0 radical (unpaired) electrons. The topological polar surface area (TPSA) is 12.9 Å². The lowest BCUT2D eigenvalue weighted by molar-refractivity contribution is 1.13. The van der Waals surface area contributed by atoms with Gasteiger partial charge in [-0.15, -0.1) is 11.8 Å². The summed E-state index contributed by atoms with van der Waals surface area (Å²) in [5.41, 5.74) is 1.34. The summed E-state index contributed by atoms with van der Waals surface area (Å²) in [6, 6.07) is 12.5. The van der Waals surface area contributed by atoms with Crippen molar-refractivity contribution < 1.29 is 0 Å². The smallest absolute Gasteiger partial charge is 0.0311 e. The van der Waals surface area contributed by atoms with Crippen LogP contribution >= 0.6 is 27.7 Å². The van der Waals surface area contributed by atoms with Crippen LogP contribution < -0.4 is 0 Å². The van der Waals surface area contributed by atoms with Gasteiger partial charge >= 0.3 is 0 Å². The van der Waals surface area contributed by atoms with E-state index in [9.17, 15) is 0 Å². The van der Waals surface area contributed by atoms with E-state index in [0.717, 1.165) is 12.2 Å². The molecule has 0 aliphatic heterocycles. The Hall–Kier alpha value is -0.800. The fraction of sp³-hybridized carbons (Fsp3) is 0.154. The van der Waals surface area contributed by atoms with Gasteiger partial charge in [-0.3, -0.25) is 4.98 Å². The minimum absolute atomic E-state index is 1.08. The van der Waals surface area contributed by atoms with Crippen LogP contribution in [0.4, 0.5) is 0 Å². The van der Waals surface area contributed by atoms with Crippen molar-refractivity contribution in [2.45, 2.75) is 11.3 Å². The first-order valence-corrected chi connectivity index (χ1v) is 6.90. The molecule has 1 aromatic heterocycles. The highest BCUT2D eigenvalue weighted by Gasteiger charge is 1.99. The second kappa shape index (κ2) is 6.06. The van der Waals surface area contributed by atoms with E-state index in [4.69, 9.17) is 0 Å². The quantitative estimate of drug-likeness (QED) is 0.785. The highest BCUT2D eigenvalue weighted by atomic mass is 79.9. The van der Waals surface area contributed by atoms with Crippen molar-refractivity contribution >= 4 is 27.7 Å². The Morgan fingerprint density at radius 3 is 2.56 bits per heavy atom. The van der Waals surface area contributed by atoms with Gasteiger partial charge in [0.15, 0.2) is 0 Å². The van der Waals surface area contributed by atoms with Crippen LogP contribution in [0.2, 0.25) is 0 Å². The summed E-state index contributed by atoms with van der Waals surface area (Å²) in [5, 5.41) is 0. The number of halogens is 1. The molecule has 0 amide bonds. The van der Waals surface area contributed by atoms with Crippen LogP contribution in [0.25, 0.3) is 0 Å². The van der Waals surface area contributed by atoms with Gasteiger partial charge in [0, 0.05) is 27.5 Å². The minimum atomic E-state index is 1.08. The van der Waals surface area contributed by atoms with Crippen molar-refractivity contribution in [2.24, 2.45) is 0 Å². The normalized spacial score (nSPS) is 10.3. The first kappa shape index (κ1) is 11.7. The Balaban J connectivity index is 1.87. The molecule has 0 fully saturated rings. The maximum atomic E-state index is 4.01. The lowest BCUT2D eigenvalue weighted by Gasteiger charge is -2.03. The largest absolute Gasteiger partial charge is 0.265 e. The molecule has 2 aromatic rings. The molecule has 1 aromatic carbocycles. The van der Waals surface area contributed by atoms with E-state index in [1.54, 1.807) is 0 Å². The molecule has 3 heteroatoms. The van der Waals surface area contributed by atoms with E-state index in [0.29, 0.717) is 0 Å². The van der Waals surface area contributed by atoms with E-state index >= 15 is 0 Å². The molecule has 0 saturated heterocycles. The van der Waals surface area contributed by atoms with E-state index in [-0.39, 0.29) is 0 Å². The van der Waals surface area contributed by atoms with Gasteiger partial charge in [-0.1, -0.05) is 12.1 Å². The highest BCUT2D eigenvalue weighted by molar-refractivity contribution is 9.10. The Kier molecular flexibility index (Phi) is 4.43. The second-order valence-electron chi connectivity index (χ2n) is 3.38. The molecule has 0 atom stereocenters. The van der Waals surface area contributed by atoms with Gasteiger partial charge in [-0.05, 0) is 52.2 Å². The molecule has 2 rings (SSSR count). The third-order valence-corrected chi connectivity index (χ3v) is 4.26. The molecule has 82 valence electrons. The number of hydrogen-bond acceptors (Lipinski definition) is 2.